The van der Waals surface area contributed by atoms with Crippen LogP contribution in [0.1, 0.15) is 28.8 Å². The van der Waals surface area contributed by atoms with Gasteiger partial charge in [0.15, 0.2) is 0 Å². The van der Waals surface area contributed by atoms with Crippen molar-refractivity contribution >= 4 is 17.3 Å². The maximum Gasteiger partial charge on any atom is 0.249 e. The molecule has 0 aliphatic rings. The van der Waals surface area contributed by atoms with E-state index in [4.69, 9.17) is 0 Å². The van der Waals surface area contributed by atoms with Gasteiger partial charge in [-0.25, -0.2) is 13.8 Å². The first-order valence-corrected chi connectivity index (χ1v) is 8.56. The molecular weight excluding hydrogens is 336 g/mol. The molecule has 0 saturated heterocycles. The van der Waals surface area contributed by atoms with Crippen molar-refractivity contribution in [2.75, 3.05) is 13.6 Å². The predicted octanol–water partition coefficient (Wildman–Crippen LogP) is 4.02. The molecule has 1 aromatic carbocycles. The summed E-state index contributed by atoms with van der Waals surface area (Å²) in [5, 5.41) is 3.66. The van der Waals surface area contributed by atoms with Crippen LogP contribution in [0.2, 0.25) is 0 Å². The van der Waals surface area contributed by atoms with Gasteiger partial charge in [0.2, 0.25) is 5.92 Å². The van der Waals surface area contributed by atoms with Crippen molar-refractivity contribution in [1.82, 2.24) is 14.9 Å². The molecule has 136 valence electrons. The number of carbonyl (C=O) groups excluding carboxylic acids is 1. The van der Waals surface area contributed by atoms with Crippen LogP contribution < -0.4 is 5.32 Å². The number of halogens is 2. The minimum Gasteiger partial charge on any atom is -0.320 e. The van der Waals surface area contributed by atoms with Gasteiger partial charge < -0.3 is 9.88 Å². The molecule has 3 aromatic rings. The van der Waals surface area contributed by atoms with Gasteiger partial charge in [-0.3, -0.25) is 4.79 Å². The van der Waals surface area contributed by atoms with E-state index in [9.17, 15) is 13.6 Å². The van der Waals surface area contributed by atoms with Crippen LogP contribution in [0.25, 0.3) is 16.7 Å². The van der Waals surface area contributed by atoms with Gasteiger partial charge in [-0.05, 0) is 55.4 Å². The first-order chi connectivity index (χ1) is 12.5. The molecule has 2 heterocycles. The number of aldehydes is 1. The molecule has 2 aromatic heterocycles. The number of fused-ring (bicyclic) bond motifs is 1. The van der Waals surface area contributed by atoms with E-state index in [1.54, 1.807) is 25.4 Å². The second-order valence-corrected chi connectivity index (χ2v) is 6.36. The molecule has 1 N–H and O–H groups in total. The number of alkyl halides is 2. The number of hydrogen-bond donors (Lipinski definition) is 1. The summed E-state index contributed by atoms with van der Waals surface area (Å²) < 4.78 is 29.5. The molecule has 6 heteroatoms. The fraction of sp³-hybridized carbons (Fsp3) is 0.300. The van der Waals surface area contributed by atoms with Crippen molar-refractivity contribution in [3.63, 3.8) is 0 Å². The first kappa shape index (κ1) is 18.2. The third kappa shape index (κ3) is 4.14. The van der Waals surface area contributed by atoms with Crippen LogP contribution >= 0.6 is 0 Å². The molecule has 0 radical (unpaired) electrons. The van der Waals surface area contributed by atoms with E-state index in [1.807, 2.05) is 35.0 Å². The highest BCUT2D eigenvalue weighted by Gasteiger charge is 2.27. The third-order valence-corrected chi connectivity index (χ3v) is 4.41. The summed E-state index contributed by atoms with van der Waals surface area (Å²) >= 11 is 0. The number of benzene rings is 1. The second-order valence-electron chi connectivity index (χ2n) is 6.36. The van der Waals surface area contributed by atoms with E-state index in [0.29, 0.717) is 18.5 Å². The van der Waals surface area contributed by atoms with Crippen LogP contribution in [0.15, 0.2) is 48.8 Å². The summed E-state index contributed by atoms with van der Waals surface area (Å²) in [5.74, 6) is -2.68. The molecule has 3 rings (SSSR count). The van der Waals surface area contributed by atoms with Crippen LogP contribution in [0.3, 0.4) is 0 Å². The number of rotatable bonds is 8. The molecule has 0 fully saturated rings. The van der Waals surface area contributed by atoms with Crippen LogP contribution in [-0.2, 0) is 6.42 Å². The highest BCUT2D eigenvalue weighted by atomic mass is 19.3. The number of carbonyl (C=O) groups is 1. The zero-order valence-electron chi connectivity index (χ0n) is 14.6. The summed E-state index contributed by atoms with van der Waals surface area (Å²) in [4.78, 5) is 15.2. The van der Waals surface area contributed by atoms with Crippen molar-refractivity contribution in [2.24, 2.45) is 0 Å². The Morgan fingerprint density at radius 2 is 1.96 bits per heavy atom. The molecule has 0 amide bonds. The fourth-order valence-electron chi connectivity index (χ4n) is 2.89. The Kier molecular flexibility index (Phi) is 5.42. The summed E-state index contributed by atoms with van der Waals surface area (Å²) in [6, 6.07) is 11.0. The number of nitrogens with zero attached hydrogens (tertiary/aromatic N) is 2. The minimum absolute atomic E-state index is 0.160. The van der Waals surface area contributed by atoms with Gasteiger partial charge in [-0.2, -0.15) is 0 Å². The Morgan fingerprint density at radius 3 is 2.65 bits per heavy atom. The highest BCUT2D eigenvalue weighted by molar-refractivity contribution is 5.79. The first-order valence-electron chi connectivity index (χ1n) is 8.56. The smallest absolute Gasteiger partial charge is 0.249 e. The molecule has 0 atom stereocenters. The normalized spacial score (nSPS) is 11.8. The Bertz CT molecular complexity index is 888. The molecule has 0 aliphatic carbocycles. The standard InChI is InChI=1S/C20H21F2N3O/c1-23-10-9-20(21,22)8-6-16-12-17-7-11-25(19(17)24-13-16)18-4-2-15(14-26)3-5-18/h2-5,7,11-14,23H,6,8-10H2,1H3. The van der Waals surface area contributed by atoms with Crippen LogP contribution in [0.5, 0.6) is 0 Å². The lowest BCUT2D eigenvalue weighted by Crippen LogP contribution is -2.23. The molecule has 0 spiro atoms. The van der Waals surface area contributed by atoms with Gasteiger partial charge in [0.25, 0.3) is 0 Å². The lowest BCUT2D eigenvalue weighted by atomic mass is 10.0. The van der Waals surface area contributed by atoms with Crippen molar-refractivity contribution < 1.29 is 13.6 Å². The largest absolute Gasteiger partial charge is 0.320 e. The summed E-state index contributed by atoms with van der Waals surface area (Å²) in [7, 11) is 1.67. The lowest BCUT2D eigenvalue weighted by molar-refractivity contribution is -0.0148. The van der Waals surface area contributed by atoms with Gasteiger partial charge in [0.1, 0.15) is 11.9 Å². The summed E-state index contributed by atoms with van der Waals surface area (Å²) in [6.45, 7) is 0.302. The number of hydrogen-bond acceptors (Lipinski definition) is 3. The number of pyridine rings is 1. The van der Waals surface area contributed by atoms with Crippen molar-refractivity contribution in [3.05, 3.63) is 59.9 Å². The number of aryl methyl sites for hydroxylation is 1. The summed E-state index contributed by atoms with van der Waals surface area (Å²) in [6.07, 6.45) is 4.29. The zero-order valence-corrected chi connectivity index (χ0v) is 14.6. The fourth-order valence-corrected chi connectivity index (χ4v) is 2.89. The zero-order chi connectivity index (χ0) is 18.6. The highest BCUT2D eigenvalue weighted by Crippen LogP contribution is 2.26. The quantitative estimate of drug-likeness (QED) is 0.620. The van der Waals surface area contributed by atoms with E-state index in [0.717, 1.165) is 28.6 Å². The molecule has 26 heavy (non-hydrogen) atoms. The summed E-state index contributed by atoms with van der Waals surface area (Å²) in [5.41, 5.74) is 3.06. The van der Waals surface area contributed by atoms with Gasteiger partial charge >= 0.3 is 0 Å². The van der Waals surface area contributed by atoms with Crippen LogP contribution in [0.4, 0.5) is 8.78 Å². The topological polar surface area (TPSA) is 46.9 Å². The lowest BCUT2D eigenvalue weighted by Gasteiger charge is -2.15. The van der Waals surface area contributed by atoms with Crippen molar-refractivity contribution in [2.45, 2.75) is 25.2 Å². The maximum atomic E-state index is 13.8. The van der Waals surface area contributed by atoms with Gasteiger partial charge in [0, 0.05) is 48.4 Å². The molecule has 0 aliphatic heterocycles. The number of nitrogens with one attached hydrogen (secondary N) is 1. The predicted molar refractivity (Wildman–Crippen MR) is 98.3 cm³/mol. The van der Waals surface area contributed by atoms with E-state index < -0.39 is 5.92 Å². The van der Waals surface area contributed by atoms with E-state index in [2.05, 4.69) is 10.3 Å². The molecule has 0 bridgehead atoms. The monoisotopic (exact) mass is 357 g/mol. The van der Waals surface area contributed by atoms with Crippen LogP contribution in [-0.4, -0.2) is 35.4 Å². The molecular formula is C20H21F2N3O. The Morgan fingerprint density at radius 1 is 1.19 bits per heavy atom. The van der Waals surface area contributed by atoms with Gasteiger partial charge in [-0.15, -0.1) is 0 Å². The van der Waals surface area contributed by atoms with E-state index in [-0.39, 0.29) is 12.8 Å². The van der Waals surface area contributed by atoms with Crippen LogP contribution in [0, 0.1) is 0 Å². The number of aromatic nitrogens is 2. The maximum absolute atomic E-state index is 13.8. The molecule has 0 unspecified atom stereocenters. The Hall–Kier alpha value is -2.60. The van der Waals surface area contributed by atoms with Gasteiger partial charge in [0.05, 0.1) is 0 Å². The average molecular weight is 357 g/mol. The third-order valence-electron chi connectivity index (χ3n) is 4.41. The molecule has 0 saturated carbocycles. The SMILES string of the molecule is CNCCC(F)(F)CCc1cnc2c(ccn2-c2ccc(C=O)cc2)c1. The van der Waals surface area contributed by atoms with Crippen molar-refractivity contribution in [3.8, 4) is 5.69 Å². The molecule has 4 nitrogen and oxygen atoms in total. The van der Waals surface area contributed by atoms with Gasteiger partial charge in [-0.1, -0.05) is 0 Å². The van der Waals surface area contributed by atoms with E-state index in [1.165, 1.54) is 0 Å². The Balaban J connectivity index is 1.77. The minimum atomic E-state index is -2.68. The Labute approximate surface area is 150 Å². The second kappa shape index (κ2) is 7.74. The average Bonchev–Trinajstić information content (AvgIpc) is 3.08. The van der Waals surface area contributed by atoms with E-state index >= 15 is 0 Å². The van der Waals surface area contributed by atoms with Crippen molar-refractivity contribution in [1.29, 1.82) is 0 Å².